The number of halogens is 4. The molecule has 0 amide bonds. The summed E-state index contributed by atoms with van der Waals surface area (Å²) >= 11 is 0. The summed E-state index contributed by atoms with van der Waals surface area (Å²) in [5.74, 6) is 0.356. The topological polar surface area (TPSA) is 58.8 Å². The third-order valence-electron chi connectivity index (χ3n) is 6.34. The highest BCUT2D eigenvalue weighted by Crippen LogP contribution is 2.37. The van der Waals surface area contributed by atoms with Gasteiger partial charge in [0.05, 0.1) is 5.56 Å². The van der Waals surface area contributed by atoms with Crippen LogP contribution in [0.3, 0.4) is 0 Å². The Kier molecular flexibility index (Phi) is 6.45. The summed E-state index contributed by atoms with van der Waals surface area (Å²) in [7, 11) is 0. The Morgan fingerprint density at radius 2 is 1.88 bits per heavy atom. The Balaban J connectivity index is 1.54. The van der Waals surface area contributed by atoms with E-state index in [0.29, 0.717) is 31.9 Å². The van der Waals surface area contributed by atoms with Crippen molar-refractivity contribution >= 4 is 5.82 Å². The van der Waals surface area contributed by atoms with Crippen LogP contribution in [-0.2, 0) is 25.8 Å². The van der Waals surface area contributed by atoms with Gasteiger partial charge in [-0.25, -0.2) is 4.39 Å². The van der Waals surface area contributed by atoms with E-state index in [1.165, 1.54) is 18.2 Å². The summed E-state index contributed by atoms with van der Waals surface area (Å²) in [5, 5.41) is 3.34. The van der Waals surface area contributed by atoms with Crippen LogP contribution in [0.2, 0.25) is 0 Å². The minimum atomic E-state index is -4.34. The van der Waals surface area contributed by atoms with Crippen LogP contribution < -0.4 is 11.1 Å². The molecule has 34 heavy (non-hydrogen) atoms. The number of hydrogen-bond donors (Lipinski definition) is 3. The number of anilines is 1. The van der Waals surface area contributed by atoms with E-state index in [-0.39, 0.29) is 11.2 Å². The molecule has 0 spiro atoms. The fraction of sp³-hybridized carbons (Fsp3) is 0.308. The first-order valence-corrected chi connectivity index (χ1v) is 11.1. The molecule has 4 rings (SSSR count). The molecule has 1 atom stereocenters. The molecule has 4 nitrogen and oxygen atoms in total. The molecule has 0 fully saturated rings. The first-order valence-electron chi connectivity index (χ1n) is 11.1. The average molecular weight is 473 g/mol. The van der Waals surface area contributed by atoms with Crippen molar-refractivity contribution in [2.75, 3.05) is 5.73 Å². The molecule has 1 aromatic carbocycles. The van der Waals surface area contributed by atoms with E-state index >= 15 is 0 Å². The molecule has 1 unspecified atom stereocenters. The number of nitrogens with zero attached hydrogens (tertiary/aromatic N) is 1. The number of aromatic amines is 1. The zero-order valence-corrected chi connectivity index (χ0v) is 19.1. The minimum Gasteiger partial charge on any atom is -0.385 e. The number of hydrogen-bond acceptors (Lipinski definition) is 2. The molecule has 2 aromatic heterocycles. The lowest BCUT2D eigenvalue weighted by molar-refractivity contribution is -0.137. The summed E-state index contributed by atoms with van der Waals surface area (Å²) in [6.07, 6.45) is 5.16. The average Bonchev–Trinajstić information content (AvgIpc) is 3.32. The van der Waals surface area contributed by atoms with Gasteiger partial charge in [0.15, 0.2) is 0 Å². The van der Waals surface area contributed by atoms with Gasteiger partial charge >= 0.3 is 6.18 Å². The SMILES string of the molecule is Cc1c(-c2cc[nH]c2N)c(CNCc2ccc(C(F)(F)F)cc2)cn1CC1(C)C=CC(F)=CC1. The van der Waals surface area contributed by atoms with Crippen molar-refractivity contribution < 1.29 is 17.6 Å². The van der Waals surface area contributed by atoms with E-state index in [1.807, 2.05) is 19.1 Å². The van der Waals surface area contributed by atoms with Crippen LogP contribution in [0.25, 0.3) is 11.1 Å². The van der Waals surface area contributed by atoms with Crippen molar-refractivity contribution in [2.24, 2.45) is 5.41 Å². The lowest BCUT2D eigenvalue weighted by atomic mass is 9.83. The number of nitrogens with two attached hydrogens (primary N) is 1. The number of allylic oxidation sites excluding steroid dienone is 4. The third-order valence-corrected chi connectivity index (χ3v) is 6.34. The number of benzene rings is 1. The third kappa shape index (κ3) is 5.12. The maximum Gasteiger partial charge on any atom is 0.416 e. The maximum absolute atomic E-state index is 13.5. The molecule has 8 heteroatoms. The predicted octanol–water partition coefficient (Wildman–Crippen LogP) is 6.50. The monoisotopic (exact) mass is 472 g/mol. The van der Waals surface area contributed by atoms with Crippen molar-refractivity contribution in [3.63, 3.8) is 0 Å². The standard InChI is InChI=1S/C26H28F4N4/c1-17-23(22-9-12-33-24(22)31)19(15-34(17)16-25(2)10-7-21(27)8-11-25)14-32-13-18-3-5-20(6-4-18)26(28,29)30/h3-10,12,15,32-33H,11,13-14,16,31H2,1-2H3. The molecular weight excluding hydrogens is 444 g/mol. The Hall–Kier alpha value is -3.26. The minimum absolute atomic E-state index is 0.212. The number of nitrogens with one attached hydrogen (secondary N) is 2. The molecule has 1 aliphatic carbocycles. The molecule has 0 aliphatic heterocycles. The molecule has 0 saturated carbocycles. The summed E-state index contributed by atoms with van der Waals surface area (Å²) in [4.78, 5) is 3.02. The van der Waals surface area contributed by atoms with Crippen LogP contribution in [0.5, 0.6) is 0 Å². The Bertz CT molecular complexity index is 1210. The lowest BCUT2D eigenvalue weighted by Gasteiger charge is -2.28. The zero-order valence-electron chi connectivity index (χ0n) is 19.1. The van der Waals surface area contributed by atoms with Gasteiger partial charge in [0.1, 0.15) is 11.6 Å². The Morgan fingerprint density at radius 3 is 2.47 bits per heavy atom. The second-order valence-corrected chi connectivity index (χ2v) is 9.13. The van der Waals surface area contributed by atoms with Crippen LogP contribution in [0, 0.1) is 12.3 Å². The van der Waals surface area contributed by atoms with Gasteiger partial charge in [0, 0.05) is 54.3 Å². The van der Waals surface area contributed by atoms with E-state index in [4.69, 9.17) is 5.73 Å². The fourth-order valence-electron chi connectivity index (χ4n) is 4.40. The molecule has 1 aliphatic rings. The number of rotatable bonds is 7. The van der Waals surface area contributed by atoms with E-state index in [9.17, 15) is 17.6 Å². The van der Waals surface area contributed by atoms with Crippen molar-refractivity contribution in [1.29, 1.82) is 0 Å². The quantitative estimate of drug-likeness (QED) is 0.344. The van der Waals surface area contributed by atoms with Crippen molar-refractivity contribution in [3.8, 4) is 11.1 Å². The Labute approximate surface area is 196 Å². The van der Waals surface area contributed by atoms with Gasteiger partial charge in [-0.2, -0.15) is 13.2 Å². The van der Waals surface area contributed by atoms with Gasteiger partial charge in [0.2, 0.25) is 0 Å². The number of alkyl halides is 3. The first kappa shape index (κ1) is 23.9. The lowest BCUT2D eigenvalue weighted by Crippen LogP contribution is -2.22. The van der Waals surface area contributed by atoms with E-state index in [1.54, 1.807) is 12.3 Å². The zero-order chi connectivity index (χ0) is 24.5. The van der Waals surface area contributed by atoms with Crippen LogP contribution >= 0.6 is 0 Å². The normalized spacial score (nSPS) is 18.4. The number of aromatic nitrogens is 2. The molecule has 180 valence electrons. The van der Waals surface area contributed by atoms with Gasteiger partial charge in [-0.1, -0.05) is 25.1 Å². The van der Waals surface area contributed by atoms with Crippen LogP contribution in [0.1, 0.15) is 35.7 Å². The highest BCUT2D eigenvalue weighted by Gasteiger charge is 2.30. The second-order valence-electron chi connectivity index (χ2n) is 9.13. The number of nitrogen functional groups attached to an aromatic ring is 1. The van der Waals surface area contributed by atoms with Crippen LogP contribution in [-0.4, -0.2) is 9.55 Å². The first-order chi connectivity index (χ1) is 16.1. The predicted molar refractivity (Wildman–Crippen MR) is 126 cm³/mol. The van der Waals surface area contributed by atoms with Gasteiger partial charge in [-0.05, 0) is 54.8 Å². The van der Waals surface area contributed by atoms with Gasteiger partial charge in [0.25, 0.3) is 0 Å². The van der Waals surface area contributed by atoms with Crippen molar-refractivity contribution in [3.05, 3.63) is 89.2 Å². The molecule has 2 heterocycles. The highest BCUT2D eigenvalue weighted by molar-refractivity contribution is 5.79. The molecule has 0 bridgehead atoms. The molecule has 3 aromatic rings. The van der Waals surface area contributed by atoms with Crippen LogP contribution in [0.4, 0.5) is 23.4 Å². The Morgan fingerprint density at radius 1 is 1.15 bits per heavy atom. The fourth-order valence-corrected chi connectivity index (χ4v) is 4.40. The van der Waals surface area contributed by atoms with Crippen molar-refractivity contribution in [2.45, 2.75) is 46.1 Å². The van der Waals surface area contributed by atoms with Gasteiger partial charge in [-0.15, -0.1) is 0 Å². The molecule has 4 N–H and O–H groups in total. The van der Waals surface area contributed by atoms with E-state index in [2.05, 4.69) is 28.0 Å². The number of H-pyrrole nitrogens is 1. The summed E-state index contributed by atoms with van der Waals surface area (Å²) < 4.78 is 54.1. The van der Waals surface area contributed by atoms with Crippen LogP contribution in [0.15, 0.2) is 66.8 Å². The summed E-state index contributed by atoms with van der Waals surface area (Å²) in [6, 6.07) is 7.10. The highest BCUT2D eigenvalue weighted by atomic mass is 19.4. The molecular formula is C26H28F4N4. The largest absolute Gasteiger partial charge is 0.416 e. The van der Waals surface area contributed by atoms with E-state index in [0.717, 1.165) is 40.1 Å². The maximum atomic E-state index is 13.5. The summed E-state index contributed by atoms with van der Waals surface area (Å²) in [5.41, 5.74) is 10.1. The molecule has 0 radical (unpaired) electrons. The smallest absolute Gasteiger partial charge is 0.385 e. The van der Waals surface area contributed by atoms with E-state index < -0.39 is 11.7 Å². The molecule has 0 saturated heterocycles. The second kappa shape index (κ2) is 9.18. The van der Waals surface area contributed by atoms with Gasteiger partial charge < -0.3 is 20.6 Å². The summed E-state index contributed by atoms with van der Waals surface area (Å²) in [6.45, 7) is 5.74. The van der Waals surface area contributed by atoms with Crippen molar-refractivity contribution in [1.82, 2.24) is 14.9 Å². The van der Waals surface area contributed by atoms with Gasteiger partial charge in [-0.3, -0.25) is 0 Å².